The average molecular weight is 259 g/mol. The van der Waals surface area contributed by atoms with E-state index in [9.17, 15) is 0 Å². The predicted octanol–water partition coefficient (Wildman–Crippen LogP) is 4.66. The molecule has 0 spiro atoms. The van der Waals surface area contributed by atoms with Crippen molar-refractivity contribution in [1.29, 1.82) is 0 Å². The van der Waals surface area contributed by atoms with Crippen LogP contribution in [0.5, 0.6) is 0 Å². The summed E-state index contributed by atoms with van der Waals surface area (Å²) >= 11 is 0. The van der Waals surface area contributed by atoms with Gasteiger partial charge in [-0.3, -0.25) is 0 Å². The van der Waals surface area contributed by atoms with Crippen LogP contribution >= 0.6 is 0 Å². The molecule has 0 saturated carbocycles. The van der Waals surface area contributed by atoms with Crippen molar-refractivity contribution >= 4 is 11.0 Å². The van der Waals surface area contributed by atoms with E-state index in [1.54, 1.807) is 0 Å². The number of benzene rings is 1. The second-order valence-electron chi connectivity index (χ2n) is 5.89. The number of aryl methyl sites for hydroxylation is 1. The molecule has 104 valence electrons. The van der Waals surface area contributed by atoms with E-state index in [-0.39, 0.29) is 0 Å². The highest BCUT2D eigenvalue weighted by atomic mass is 16.3. The van der Waals surface area contributed by atoms with Gasteiger partial charge in [0.1, 0.15) is 11.3 Å². The van der Waals surface area contributed by atoms with Gasteiger partial charge >= 0.3 is 0 Å². The normalized spacial score (nSPS) is 13.3. The van der Waals surface area contributed by atoms with Crippen LogP contribution in [0.25, 0.3) is 11.0 Å². The molecule has 0 aliphatic heterocycles. The Balaban J connectivity index is 1.99. The summed E-state index contributed by atoms with van der Waals surface area (Å²) in [5.74, 6) is 1.81. The van der Waals surface area contributed by atoms with Gasteiger partial charge in [0.25, 0.3) is 0 Å². The Labute approximate surface area is 116 Å². The lowest BCUT2D eigenvalue weighted by molar-refractivity contribution is 0.448. The number of fused-ring (bicyclic) bond motifs is 1. The summed E-state index contributed by atoms with van der Waals surface area (Å²) in [6.07, 6.45) is 2.51. The van der Waals surface area contributed by atoms with Crippen molar-refractivity contribution in [2.45, 2.75) is 53.1 Å². The van der Waals surface area contributed by atoms with Crippen LogP contribution in [0.15, 0.2) is 28.7 Å². The summed E-state index contributed by atoms with van der Waals surface area (Å²) in [5.41, 5.74) is 2.29. The topological polar surface area (TPSA) is 25.2 Å². The van der Waals surface area contributed by atoms with Crippen molar-refractivity contribution in [3.63, 3.8) is 0 Å². The lowest BCUT2D eigenvalue weighted by atomic mass is 10.0. The minimum Gasteiger partial charge on any atom is -0.461 e. The minimum absolute atomic E-state index is 0.551. The molecule has 2 aromatic rings. The fourth-order valence-electron chi connectivity index (χ4n) is 2.40. The summed E-state index contributed by atoms with van der Waals surface area (Å²) in [5, 5.41) is 4.85. The van der Waals surface area contributed by atoms with Gasteiger partial charge in [-0.15, -0.1) is 0 Å². The van der Waals surface area contributed by atoms with Crippen LogP contribution in [0.2, 0.25) is 0 Å². The van der Waals surface area contributed by atoms with Crippen LogP contribution in [0.3, 0.4) is 0 Å². The second-order valence-corrected chi connectivity index (χ2v) is 5.89. The zero-order chi connectivity index (χ0) is 13.8. The fourth-order valence-corrected chi connectivity index (χ4v) is 2.40. The third kappa shape index (κ3) is 3.60. The van der Waals surface area contributed by atoms with Crippen molar-refractivity contribution in [2.75, 3.05) is 0 Å². The standard InChI is InChI=1S/C17H25NO/c1-12(2)9-10-13(3)18-11-16-14(4)19-17-8-6-5-7-15(16)17/h5-8,12-13,18H,9-11H2,1-4H3. The Morgan fingerprint density at radius 2 is 1.84 bits per heavy atom. The van der Waals surface area contributed by atoms with Crippen LogP contribution in [-0.2, 0) is 6.54 Å². The molecule has 0 fully saturated rings. The largest absolute Gasteiger partial charge is 0.461 e. The highest BCUT2D eigenvalue weighted by molar-refractivity contribution is 5.82. The molecule has 0 aliphatic carbocycles. The van der Waals surface area contributed by atoms with Crippen LogP contribution in [0, 0.1) is 12.8 Å². The van der Waals surface area contributed by atoms with Crippen LogP contribution < -0.4 is 5.32 Å². The fraction of sp³-hybridized carbons (Fsp3) is 0.529. The van der Waals surface area contributed by atoms with E-state index in [0.29, 0.717) is 6.04 Å². The lowest BCUT2D eigenvalue weighted by Gasteiger charge is -2.14. The number of rotatable bonds is 6. The highest BCUT2D eigenvalue weighted by Gasteiger charge is 2.11. The van der Waals surface area contributed by atoms with Gasteiger partial charge < -0.3 is 9.73 Å². The second kappa shape index (κ2) is 6.25. The van der Waals surface area contributed by atoms with Crippen molar-refractivity contribution in [3.8, 4) is 0 Å². The zero-order valence-electron chi connectivity index (χ0n) is 12.5. The monoisotopic (exact) mass is 259 g/mol. The minimum atomic E-state index is 0.551. The maximum absolute atomic E-state index is 5.79. The first kappa shape index (κ1) is 14.1. The van der Waals surface area contributed by atoms with Gasteiger partial charge in [-0.2, -0.15) is 0 Å². The van der Waals surface area contributed by atoms with Gasteiger partial charge in [-0.25, -0.2) is 0 Å². The first-order valence-corrected chi connectivity index (χ1v) is 7.28. The van der Waals surface area contributed by atoms with E-state index in [0.717, 1.165) is 23.8 Å². The molecule has 1 aromatic heterocycles. The molecule has 1 atom stereocenters. The Morgan fingerprint density at radius 1 is 1.11 bits per heavy atom. The molecule has 1 aromatic carbocycles. The van der Waals surface area contributed by atoms with E-state index in [1.165, 1.54) is 23.8 Å². The third-order valence-electron chi connectivity index (χ3n) is 3.70. The number of furan rings is 1. The molecular weight excluding hydrogens is 234 g/mol. The number of para-hydroxylation sites is 1. The molecule has 2 rings (SSSR count). The number of hydrogen-bond acceptors (Lipinski definition) is 2. The SMILES string of the molecule is Cc1oc2ccccc2c1CNC(C)CCC(C)C. The molecule has 0 radical (unpaired) electrons. The van der Waals surface area contributed by atoms with Gasteiger partial charge in [-0.1, -0.05) is 32.0 Å². The Hall–Kier alpha value is -1.28. The van der Waals surface area contributed by atoms with E-state index in [4.69, 9.17) is 4.42 Å². The molecule has 1 N–H and O–H groups in total. The third-order valence-corrected chi connectivity index (χ3v) is 3.70. The predicted molar refractivity (Wildman–Crippen MR) is 81.3 cm³/mol. The average Bonchev–Trinajstić information content (AvgIpc) is 2.69. The van der Waals surface area contributed by atoms with Crippen molar-refractivity contribution in [3.05, 3.63) is 35.6 Å². The van der Waals surface area contributed by atoms with E-state index in [2.05, 4.69) is 45.1 Å². The van der Waals surface area contributed by atoms with Gasteiger partial charge in [0.2, 0.25) is 0 Å². The summed E-state index contributed by atoms with van der Waals surface area (Å²) in [6, 6.07) is 8.82. The smallest absolute Gasteiger partial charge is 0.134 e. The summed E-state index contributed by atoms with van der Waals surface area (Å²) in [7, 11) is 0. The van der Waals surface area contributed by atoms with Gasteiger partial charge in [0, 0.05) is 23.5 Å². The van der Waals surface area contributed by atoms with E-state index in [1.807, 2.05) is 12.1 Å². The van der Waals surface area contributed by atoms with Crippen LogP contribution in [0.1, 0.15) is 44.9 Å². The first-order chi connectivity index (χ1) is 9.08. The Kier molecular flexibility index (Phi) is 4.65. The number of nitrogens with one attached hydrogen (secondary N) is 1. The molecule has 0 amide bonds. The van der Waals surface area contributed by atoms with Crippen LogP contribution in [-0.4, -0.2) is 6.04 Å². The number of hydrogen-bond donors (Lipinski definition) is 1. The van der Waals surface area contributed by atoms with Crippen molar-refractivity contribution in [1.82, 2.24) is 5.32 Å². The summed E-state index contributed by atoms with van der Waals surface area (Å²) in [4.78, 5) is 0. The molecule has 0 saturated heterocycles. The van der Waals surface area contributed by atoms with Crippen LogP contribution in [0.4, 0.5) is 0 Å². The Bertz CT molecular complexity index is 527. The molecule has 2 heteroatoms. The van der Waals surface area contributed by atoms with Gasteiger partial charge in [-0.05, 0) is 38.7 Å². The maximum Gasteiger partial charge on any atom is 0.134 e. The molecule has 0 aliphatic rings. The van der Waals surface area contributed by atoms with Gasteiger partial charge in [0.05, 0.1) is 0 Å². The lowest BCUT2D eigenvalue weighted by Crippen LogP contribution is -2.25. The van der Waals surface area contributed by atoms with E-state index < -0.39 is 0 Å². The molecular formula is C17H25NO. The van der Waals surface area contributed by atoms with Crippen molar-refractivity contribution in [2.24, 2.45) is 5.92 Å². The summed E-state index contributed by atoms with van der Waals surface area (Å²) in [6.45, 7) is 9.76. The molecule has 19 heavy (non-hydrogen) atoms. The molecule has 2 nitrogen and oxygen atoms in total. The van der Waals surface area contributed by atoms with Gasteiger partial charge in [0.15, 0.2) is 0 Å². The van der Waals surface area contributed by atoms with Crippen molar-refractivity contribution < 1.29 is 4.42 Å². The summed E-state index contributed by atoms with van der Waals surface area (Å²) < 4.78 is 5.79. The molecule has 0 bridgehead atoms. The molecule has 1 unspecified atom stereocenters. The highest BCUT2D eigenvalue weighted by Crippen LogP contribution is 2.25. The first-order valence-electron chi connectivity index (χ1n) is 7.28. The molecule has 1 heterocycles. The quantitative estimate of drug-likeness (QED) is 0.816. The Morgan fingerprint density at radius 3 is 2.58 bits per heavy atom. The van der Waals surface area contributed by atoms with E-state index >= 15 is 0 Å². The maximum atomic E-state index is 5.79. The zero-order valence-corrected chi connectivity index (χ0v) is 12.5.